The average Bonchev–Trinajstić information content (AvgIpc) is 2.15. The molecule has 0 spiro atoms. The summed E-state index contributed by atoms with van der Waals surface area (Å²) in [6.45, 7) is 4.82. The number of nitrogens with zero attached hydrogens (tertiary/aromatic N) is 2. The molecular weight excluding hydrogens is 187 g/mol. The second kappa shape index (κ2) is 5.49. The molecule has 78 valence electrons. The molecule has 0 saturated carbocycles. The molecule has 1 aromatic rings. The Morgan fingerprint density at radius 1 is 1.50 bits per heavy atom. The minimum absolute atomic E-state index is 0.149. The maximum Gasteiger partial charge on any atom is 0.219 e. The van der Waals surface area contributed by atoms with E-state index < -0.39 is 5.95 Å². The average molecular weight is 200 g/mol. The molecule has 0 fully saturated rings. The summed E-state index contributed by atoms with van der Waals surface area (Å²) in [6.07, 6.45) is 0.974. The van der Waals surface area contributed by atoms with E-state index >= 15 is 0 Å². The van der Waals surface area contributed by atoms with Crippen LogP contribution in [-0.4, -0.2) is 29.3 Å². The Labute approximate surface area is 82.1 Å². The zero-order valence-corrected chi connectivity index (χ0v) is 8.24. The topological polar surface area (TPSA) is 44.2 Å². The summed E-state index contributed by atoms with van der Waals surface area (Å²) in [5, 5.41) is 0. The first-order valence-electron chi connectivity index (χ1n) is 4.44. The SMILES string of the molecule is CCOCC(C)Oc1cc(F)ncn1. The first kappa shape index (κ1) is 10.8. The largest absolute Gasteiger partial charge is 0.472 e. The van der Waals surface area contributed by atoms with Crippen molar-refractivity contribution in [3.63, 3.8) is 0 Å². The highest BCUT2D eigenvalue weighted by Gasteiger charge is 2.05. The van der Waals surface area contributed by atoms with Crippen molar-refractivity contribution in [3.8, 4) is 5.88 Å². The van der Waals surface area contributed by atoms with Gasteiger partial charge in [-0.2, -0.15) is 4.39 Å². The minimum atomic E-state index is -0.599. The van der Waals surface area contributed by atoms with Crippen LogP contribution >= 0.6 is 0 Å². The Kier molecular flexibility index (Phi) is 4.25. The Hall–Kier alpha value is -1.23. The van der Waals surface area contributed by atoms with E-state index in [1.54, 1.807) is 0 Å². The molecule has 5 heteroatoms. The zero-order valence-electron chi connectivity index (χ0n) is 8.24. The van der Waals surface area contributed by atoms with Gasteiger partial charge in [0.25, 0.3) is 0 Å². The van der Waals surface area contributed by atoms with Crippen molar-refractivity contribution in [3.05, 3.63) is 18.3 Å². The van der Waals surface area contributed by atoms with E-state index in [1.165, 1.54) is 0 Å². The second-order valence-corrected chi connectivity index (χ2v) is 2.77. The molecule has 0 aliphatic rings. The van der Waals surface area contributed by atoms with Crippen LogP contribution in [0.1, 0.15) is 13.8 Å². The van der Waals surface area contributed by atoms with Crippen LogP contribution in [0.3, 0.4) is 0 Å². The summed E-state index contributed by atoms with van der Waals surface area (Å²) in [4.78, 5) is 7.08. The molecule has 0 saturated heterocycles. The highest BCUT2D eigenvalue weighted by atomic mass is 19.1. The molecule has 0 amide bonds. The first-order valence-corrected chi connectivity index (χ1v) is 4.44. The van der Waals surface area contributed by atoms with Gasteiger partial charge in [-0.3, -0.25) is 0 Å². The third-order valence-electron chi connectivity index (χ3n) is 1.49. The number of ether oxygens (including phenoxy) is 2. The van der Waals surface area contributed by atoms with Crippen molar-refractivity contribution >= 4 is 0 Å². The molecule has 0 N–H and O–H groups in total. The van der Waals surface area contributed by atoms with Crippen LogP contribution in [0, 0.1) is 5.95 Å². The summed E-state index contributed by atoms with van der Waals surface area (Å²) < 4.78 is 23.0. The maximum absolute atomic E-state index is 12.6. The Morgan fingerprint density at radius 2 is 2.29 bits per heavy atom. The first-order chi connectivity index (χ1) is 6.72. The predicted molar refractivity (Wildman–Crippen MR) is 48.6 cm³/mol. The number of hydrogen-bond donors (Lipinski definition) is 0. The van der Waals surface area contributed by atoms with Crippen molar-refractivity contribution in [2.45, 2.75) is 20.0 Å². The number of halogens is 1. The molecule has 1 heterocycles. The van der Waals surface area contributed by atoms with E-state index in [4.69, 9.17) is 9.47 Å². The lowest BCUT2D eigenvalue weighted by molar-refractivity contribution is 0.0630. The number of rotatable bonds is 5. The van der Waals surface area contributed by atoms with Gasteiger partial charge < -0.3 is 9.47 Å². The summed E-state index contributed by atoms with van der Waals surface area (Å²) in [6, 6.07) is 1.14. The fraction of sp³-hybridized carbons (Fsp3) is 0.556. The number of hydrogen-bond acceptors (Lipinski definition) is 4. The van der Waals surface area contributed by atoms with Crippen LogP contribution in [0.5, 0.6) is 5.88 Å². The lowest BCUT2D eigenvalue weighted by Crippen LogP contribution is -2.19. The van der Waals surface area contributed by atoms with Crippen LogP contribution in [0.4, 0.5) is 4.39 Å². The van der Waals surface area contributed by atoms with Gasteiger partial charge in [0.15, 0.2) is 0 Å². The van der Waals surface area contributed by atoms with Crippen LogP contribution < -0.4 is 4.74 Å². The van der Waals surface area contributed by atoms with E-state index in [-0.39, 0.29) is 12.0 Å². The highest BCUT2D eigenvalue weighted by Crippen LogP contribution is 2.07. The van der Waals surface area contributed by atoms with Gasteiger partial charge in [-0.1, -0.05) is 0 Å². The quantitative estimate of drug-likeness (QED) is 0.674. The third-order valence-corrected chi connectivity index (χ3v) is 1.49. The Morgan fingerprint density at radius 3 is 2.93 bits per heavy atom. The number of aromatic nitrogens is 2. The lowest BCUT2D eigenvalue weighted by Gasteiger charge is -2.12. The monoisotopic (exact) mass is 200 g/mol. The second-order valence-electron chi connectivity index (χ2n) is 2.77. The molecule has 0 aliphatic heterocycles. The molecule has 1 aromatic heterocycles. The van der Waals surface area contributed by atoms with Gasteiger partial charge >= 0.3 is 0 Å². The van der Waals surface area contributed by atoms with E-state index in [1.807, 2.05) is 13.8 Å². The smallest absolute Gasteiger partial charge is 0.219 e. The van der Waals surface area contributed by atoms with Crippen LogP contribution in [0.2, 0.25) is 0 Å². The summed E-state index contributed by atoms with van der Waals surface area (Å²) >= 11 is 0. The van der Waals surface area contributed by atoms with Crippen molar-refractivity contribution in [1.29, 1.82) is 0 Å². The molecule has 14 heavy (non-hydrogen) atoms. The normalized spacial score (nSPS) is 12.5. The fourth-order valence-corrected chi connectivity index (χ4v) is 0.906. The zero-order chi connectivity index (χ0) is 10.4. The van der Waals surface area contributed by atoms with Gasteiger partial charge in [0.1, 0.15) is 12.4 Å². The molecule has 1 atom stereocenters. The van der Waals surface area contributed by atoms with Crippen molar-refractivity contribution in [2.24, 2.45) is 0 Å². The molecule has 0 aromatic carbocycles. The molecule has 1 unspecified atom stereocenters. The molecule has 0 aliphatic carbocycles. The molecular formula is C9H13FN2O2. The fourth-order valence-electron chi connectivity index (χ4n) is 0.906. The molecule has 0 bridgehead atoms. The highest BCUT2D eigenvalue weighted by molar-refractivity contribution is 5.06. The van der Waals surface area contributed by atoms with Gasteiger partial charge in [-0.15, -0.1) is 0 Å². The van der Waals surface area contributed by atoms with Crippen molar-refractivity contribution < 1.29 is 13.9 Å². The van der Waals surface area contributed by atoms with Crippen LogP contribution in [-0.2, 0) is 4.74 Å². The van der Waals surface area contributed by atoms with Gasteiger partial charge in [-0.25, -0.2) is 9.97 Å². The summed E-state index contributed by atoms with van der Waals surface area (Å²) in [7, 11) is 0. The van der Waals surface area contributed by atoms with E-state index in [0.717, 1.165) is 12.4 Å². The van der Waals surface area contributed by atoms with Crippen LogP contribution in [0.25, 0.3) is 0 Å². The van der Waals surface area contributed by atoms with Crippen molar-refractivity contribution in [2.75, 3.05) is 13.2 Å². The Bertz CT molecular complexity index is 283. The van der Waals surface area contributed by atoms with Gasteiger partial charge in [-0.05, 0) is 13.8 Å². The molecule has 1 rings (SSSR count). The minimum Gasteiger partial charge on any atom is -0.472 e. The van der Waals surface area contributed by atoms with Gasteiger partial charge in [0.05, 0.1) is 12.7 Å². The molecule has 4 nitrogen and oxygen atoms in total. The third kappa shape index (κ3) is 3.66. The lowest BCUT2D eigenvalue weighted by atomic mass is 10.4. The van der Waals surface area contributed by atoms with Gasteiger partial charge in [0.2, 0.25) is 11.8 Å². The van der Waals surface area contributed by atoms with Crippen LogP contribution in [0.15, 0.2) is 12.4 Å². The summed E-state index contributed by atoms with van der Waals surface area (Å²) in [5.74, 6) is -0.372. The van der Waals surface area contributed by atoms with Gasteiger partial charge in [0, 0.05) is 6.61 Å². The maximum atomic E-state index is 12.6. The van der Waals surface area contributed by atoms with E-state index in [2.05, 4.69) is 9.97 Å². The van der Waals surface area contributed by atoms with E-state index in [0.29, 0.717) is 13.2 Å². The standard InChI is InChI=1S/C9H13FN2O2/c1-3-13-5-7(2)14-9-4-8(10)11-6-12-9/h4,6-7H,3,5H2,1-2H3. The Balaban J connectivity index is 2.43. The van der Waals surface area contributed by atoms with E-state index in [9.17, 15) is 4.39 Å². The predicted octanol–water partition coefficient (Wildman–Crippen LogP) is 1.42. The van der Waals surface area contributed by atoms with Crippen molar-refractivity contribution in [1.82, 2.24) is 9.97 Å². The molecule has 0 radical (unpaired) electrons. The summed E-state index contributed by atoms with van der Waals surface area (Å²) in [5.41, 5.74) is 0.